The molecule has 2 aromatic heterocycles. The van der Waals surface area contributed by atoms with Gasteiger partial charge in [-0.1, -0.05) is 152 Å². The van der Waals surface area contributed by atoms with Crippen molar-refractivity contribution in [3.05, 3.63) is 241 Å². The molecule has 1 spiro atoms. The Labute approximate surface area is 358 Å². The van der Waals surface area contributed by atoms with Crippen LogP contribution in [0.25, 0.3) is 82.5 Å². The Bertz CT molecular complexity index is 3830. The van der Waals surface area contributed by atoms with Gasteiger partial charge in [-0.15, -0.1) is 0 Å². The molecule has 0 radical (unpaired) electrons. The molecule has 1 atom stereocenters. The molecule has 2 aliphatic rings. The van der Waals surface area contributed by atoms with Crippen molar-refractivity contribution >= 4 is 71.6 Å². The second-order valence-electron chi connectivity index (χ2n) is 16.8. The van der Waals surface area contributed by atoms with E-state index >= 15 is 0 Å². The number of fused-ring (bicyclic) bond motifs is 15. The summed E-state index contributed by atoms with van der Waals surface area (Å²) < 4.78 is 8.99. The number of hydrogen-bond acceptors (Lipinski definition) is 2. The van der Waals surface area contributed by atoms with Gasteiger partial charge in [-0.2, -0.15) is 0 Å². The zero-order chi connectivity index (χ0) is 40.5. The summed E-state index contributed by atoms with van der Waals surface area (Å²) >= 11 is 0. The lowest BCUT2D eigenvalue weighted by molar-refractivity contribution is 0.669. The van der Waals surface area contributed by atoms with E-state index in [1.807, 2.05) is 6.07 Å². The van der Waals surface area contributed by atoms with Crippen LogP contribution >= 0.6 is 0 Å². The number of aromatic nitrogens is 1. The molecule has 0 amide bonds. The molecule has 62 heavy (non-hydrogen) atoms. The minimum atomic E-state index is -0.537. The minimum absolute atomic E-state index is 0.537. The molecule has 12 aromatic rings. The molecule has 0 saturated carbocycles. The predicted molar refractivity (Wildman–Crippen MR) is 257 cm³/mol. The standard InChI is InChI=1S/C59H36N2O/c1-2-16-38(17-3-1)61-54-26-10-6-20-45(54)46-32-29-40(35-55(46)61)60(41-30-33-48-47-21-7-11-27-56(47)62-57(48)36-41)39-28-31-44-42-18-4-8-23-50(42)59(53(44)34-39)51-24-9-5-19-43(51)49-22-12-14-37-15-13-25-52(59)58(37)49/h1-36H. The molecule has 0 saturated heterocycles. The van der Waals surface area contributed by atoms with E-state index in [1.165, 1.54) is 71.6 Å². The molecule has 3 nitrogen and oxygen atoms in total. The Morgan fingerprint density at radius 1 is 0.355 bits per heavy atom. The highest BCUT2D eigenvalue weighted by Crippen LogP contribution is 2.62. The van der Waals surface area contributed by atoms with Crippen LogP contribution in [0.4, 0.5) is 17.1 Å². The van der Waals surface area contributed by atoms with Crippen LogP contribution in [-0.4, -0.2) is 4.57 Å². The maximum absolute atomic E-state index is 6.58. The van der Waals surface area contributed by atoms with Gasteiger partial charge in [-0.3, -0.25) is 0 Å². The van der Waals surface area contributed by atoms with Gasteiger partial charge in [-0.05, 0) is 116 Å². The smallest absolute Gasteiger partial charge is 0.137 e. The van der Waals surface area contributed by atoms with Crippen LogP contribution in [0.5, 0.6) is 0 Å². The molecule has 0 bridgehead atoms. The molecule has 0 N–H and O–H groups in total. The van der Waals surface area contributed by atoms with Crippen molar-refractivity contribution in [2.24, 2.45) is 0 Å². The van der Waals surface area contributed by atoms with E-state index in [1.54, 1.807) is 0 Å². The third kappa shape index (κ3) is 4.39. The lowest BCUT2D eigenvalue weighted by Crippen LogP contribution is -2.32. The average Bonchev–Trinajstić information content (AvgIpc) is 3.97. The molecular weight excluding hydrogens is 753 g/mol. The first-order valence-corrected chi connectivity index (χ1v) is 21.4. The quantitative estimate of drug-likeness (QED) is 0.177. The average molecular weight is 789 g/mol. The maximum atomic E-state index is 6.58. The first-order valence-electron chi connectivity index (χ1n) is 21.4. The number of para-hydroxylation sites is 3. The fraction of sp³-hybridized carbons (Fsp3) is 0.0169. The molecule has 288 valence electrons. The van der Waals surface area contributed by atoms with Gasteiger partial charge in [-0.25, -0.2) is 0 Å². The van der Waals surface area contributed by atoms with Gasteiger partial charge >= 0.3 is 0 Å². The van der Waals surface area contributed by atoms with Crippen molar-refractivity contribution in [2.45, 2.75) is 5.41 Å². The van der Waals surface area contributed by atoms with Crippen LogP contribution in [0, 0.1) is 0 Å². The van der Waals surface area contributed by atoms with E-state index in [-0.39, 0.29) is 0 Å². The highest BCUT2D eigenvalue weighted by Gasteiger charge is 2.50. The van der Waals surface area contributed by atoms with Crippen LogP contribution in [0.1, 0.15) is 22.3 Å². The number of nitrogens with zero attached hydrogens (tertiary/aromatic N) is 2. The number of rotatable bonds is 4. The summed E-state index contributed by atoms with van der Waals surface area (Å²) in [6.07, 6.45) is 0. The summed E-state index contributed by atoms with van der Waals surface area (Å²) in [5, 5.41) is 7.27. The normalized spacial score (nSPS) is 14.8. The summed E-state index contributed by atoms with van der Waals surface area (Å²) in [7, 11) is 0. The van der Waals surface area contributed by atoms with Gasteiger partial charge in [0.25, 0.3) is 0 Å². The van der Waals surface area contributed by atoms with Crippen LogP contribution in [0.2, 0.25) is 0 Å². The van der Waals surface area contributed by atoms with Gasteiger partial charge < -0.3 is 13.9 Å². The highest BCUT2D eigenvalue weighted by molar-refractivity contribution is 6.12. The minimum Gasteiger partial charge on any atom is -0.456 e. The van der Waals surface area contributed by atoms with E-state index < -0.39 is 5.41 Å². The molecule has 1 unspecified atom stereocenters. The summed E-state index contributed by atoms with van der Waals surface area (Å²) in [4.78, 5) is 2.43. The monoisotopic (exact) mass is 788 g/mol. The third-order valence-corrected chi connectivity index (χ3v) is 13.8. The Balaban J connectivity index is 1.07. The van der Waals surface area contributed by atoms with Crippen LogP contribution in [0.3, 0.4) is 0 Å². The van der Waals surface area contributed by atoms with Gasteiger partial charge in [0.2, 0.25) is 0 Å². The SMILES string of the molecule is c1ccc(-n2c3ccccc3c3ccc(N(c4ccc5c(c4)C4(c6ccccc6-5)c5ccccc5-c5cccc6cccc4c56)c4ccc5c(c4)oc4ccccc45)cc32)cc1. The first-order chi connectivity index (χ1) is 30.8. The summed E-state index contributed by atoms with van der Waals surface area (Å²) in [5.74, 6) is 0. The number of hydrogen-bond donors (Lipinski definition) is 0. The Morgan fingerprint density at radius 2 is 0.919 bits per heavy atom. The highest BCUT2D eigenvalue weighted by atomic mass is 16.3. The molecular formula is C59H36N2O. The molecule has 10 aromatic carbocycles. The predicted octanol–water partition coefficient (Wildman–Crippen LogP) is 15.6. The van der Waals surface area contributed by atoms with Gasteiger partial charge in [0, 0.05) is 50.4 Å². The first kappa shape index (κ1) is 33.7. The van der Waals surface area contributed by atoms with Crippen molar-refractivity contribution in [2.75, 3.05) is 4.90 Å². The van der Waals surface area contributed by atoms with Gasteiger partial charge in [0.05, 0.1) is 16.4 Å². The topological polar surface area (TPSA) is 21.3 Å². The van der Waals surface area contributed by atoms with E-state index in [4.69, 9.17) is 4.42 Å². The number of furan rings is 1. The summed E-state index contributed by atoms with van der Waals surface area (Å²) in [6, 6.07) is 80.5. The van der Waals surface area contributed by atoms with Gasteiger partial charge in [0.1, 0.15) is 11.2 Å². The van der Waals surface area contributed by atoms with Crippen molar-refractivity contribution in [1.82, 2.24) is 4.57 Å². The Morgan fingerprint density at radius 3 is 1.76 bits per heavy atom. The molecule has 14 rings (SSSR count). The Hall–Kier alpha value is -8.14. The third-order valence-electron chi connectivity index (χ3n) is 13.8. The van der Waals surface area contributed by atoms with Crippen LogP contribution < -0.4 is 4.90 Å². The fourth-order valence-electron chi connectivity index (χ4n) is 11.3. The number of benzene rings is 10. The summed E-state index contributed by atoms with van der Waals surface area (Å²) in [6.45, 7) is 0. The molecule has 3 heteroatoms. The van der Waals surface area contributed by atoms with Crippen LogP contribution in [0.15, 0.2) is 223 Å². The Kier molecular flexibility index (Phi) is 6.76. The van der Waals surface area contributed by atoms with Crippen molar-refractivity contribution in [1.29, 1.82) is 0 Å². The fourth-order valence-corrected chi connectivity index (χ4v) is 11.3. The van der Waals surface area contributed by atoms with E-state index in [0.29, 0.717) is 0 Å². The lowest BCUT2D eigenvalue weighted by atomic mass is 9.61. The molecule has 0 fully saturated rings. The van der Waals surface area contributed by atoms with E-state index in [9.17, 15) is 0 Å². The molecule has 2 heterocycles. The second-order valence-corrected chi connectivity index (χ2v) is 16.8. The zero-order valence-electron chi connectivity index (χ0n) is 33.6. The molecule has 0 aliphatic heterocycles. The van der Waals surface area contributed by atoms with Gasteiger partial charge in [0.15, 0.2) is 0 Å². The lowest BCUT2D eigenvalue weighted by Gasteiger charge is -2.40. The zero-order valence-corrected chi connectivity index (χ0v) is 33.6. The maximum Gasteiger partial charge on any atom is 0.137 e. The largest absolute Gasteiger partial charge is 0.456 e. The van der Waals surface area contributed by atoms with E-state index in [2.05, 4.69) is 222 Å². The number of anilines is 3. The van der Waals surface area contributed by atoms with E-state index in [0.717, 1.165) is 50.2 Å². The summed E-state index contributed by atoms with van der Waals surface area (Å²) in [5.41, 5.74) is 18.3. The van der Waals surface area contributed by atoms with Crippen molar-refractivity contribution in [3.63, 3.8) is 0 Å². The van der Waals surface area contributed by atoms with Crippen molar-refractivity contribution in [3.8, 4) is 27.9 Å². The second kappa shape index (κ2) is 12.4. The van der Waals surface area contributed by atoms with Crippen molar-refractivity contribution < 1.29 is 4.42 Å². The molecule has 2 aliphatic carbocycles. The van der Waals surface area contributed by atoms with Crippen LogP contribution in [-0.2, 0) is 5.41 Å².